The van der Waals surface area contributed by atoms with Crippen LogP contribution in [-0.2, 0) is 22.6 Å². The van der Waals surface area contributed by atoms with Gasteiger partial charge in [0.05, 0.1) is 13.1 Å². The molecular weight excluding hydrogens is 382 g/mol. The van der Waals surface area contributed by atoms with E-state index in [-0.39, 0.29) is 18.5 Å². The van der Waals surface area contributed by atoms with Crippen LogP contribution >= 0.6 is 0 Å². The molecule has 0 fully saturated rings. The van der Waals surface area contributed by atoms with Gasteiger partial charge in [-0.15, -0.1) is 0 Å². The Balaban J connectivity index is 0.000000200. The quantitative estimate of drug-likeness (QED) is 0.678. The zero-order valence-electron chi connectivity index (χ0n) is 17.1. The van der Waals surface area contributed by atoms with Gasteiger partial charge in [0.2, 0.25) is 19.1 Å². The Bertz CT molecular complexity index is 1040. The van der Waals surface area contributed by atoms with Crippen molar-refractivity contribution in [2.24, 2.45) is 0 Å². The number of nitrogens with zero attached hydrogens (tertiary/aromatic N) is 2. The number of benzene rings is 2. The Kier molecular flexibility index (Phi) is 5.61. The average molecular weight is 407 g/mol. The Hall–Kier alpha value is -3.48. The molecule has 2 amide bonds. The topological polar surface area (TPSA) is 74.9 Å². The molecule has 1 atom stereocenters. The molecule has 0 saturated heterocycles. The number of ether oxygens (including phenoxy) is 2. The third-order valence-electron chi connectivity index (χ3n) is 5.43. The molecule has 1 aromatic heterocycles. The van der Waals surface area contributed by atoms with Gasteiger partial charge in [0, 0.05) is 29.7 Å². The molecule has 2 aromatic carbocycles. The van der Waals surface area contributed by atoms with Crippen LogP contribution in [0.5, 0.6) is 11.5 Å². The van der Waals surface area contributed by atoms with Crippen molar-refractivity contribution in [1.29, 1.82) is 0 Å². The minimum atomic E-state index is -0.0126. The summed E-state index contributed by atoms with van der Waals surface area (Å²) in [5, 5.41) is 1.25. The van der Waals surface area contributed by atoms with Crippen LogP contribution in [0, 0.1) is 0 Å². The lowest BCUT2D eigenvalue weighted by atomic mass is 9.97. The van der Waals surface area contributed by atoms with Gasteiger partial charge in [-0.25, -0.2) is 0 Å². The molecule has 0 unspecified atom stereocenters. The number of carbonyl (C=O) groups is 2. The van der Waals surface area contributed by atoms with Gasteiger partial charge in [-0.3, -0.25) is 9.59 Å². The molecule has 0 bridgehead atoms. The first kappa shape index (κ1) is 19.8. The van der Waals surface area contributed by atoms with Gasteiger partial charge in [0.25, 0.3) is 0 Å². The first-order chi connectivity index (χ1) is 14.6. The summed E-state index contributed by atoms with van der Waals surface area (Å²) in [6.45, 7) is 3.13. The molecule has 0 radical (unpaired) electrons. The minimum absolute atomic E-state index is 0.0126. The fourth-order valence-corrected chi connectivity index (χ4v) is 3.88. The zero-order chi connectivity index (χ0) is 21.1. The van der Waals surface area contributed by atoms with Crippen molar-refractivity contribution in [1.82, 2.24) is 14.8 Å². The van der Waals surface area contributed by atoms with Crippen LogP contribution in [0.1, 0.15) is 18.2 Å². The number of aromatic nitrogens is 1. The lowest BCUT2D eigenvalue weighted by Gasteiger charge is -2.34. The molecule has 3 aromatic rings. The summed E-state index contributed by atoms with van der Waals surface area (Å²) in [5.41, 5.74) is 3.54. The van der Waals surface area contributed by atoms with E-state index in [1.807, 2.05) is 41.3 Å². The van der Waals surface area contributed by atoms with Crippen molar-refractivity contribution in [3.8, 4) is 11.5 Å². The lowest BCUT2D eigenvalue weighted by Crippen LogP contribution is -2.46. The second kappa shape index (κ2) is 8.49. The summed E-state index contributed by atoms with van der Waals surface area (Å²) < 4.78 is 10.2. The van der Waals surface area contributed by atoms with E-state index in [0.29, 0.717) is 19.7 Å². The van der Waals surface area contributed by atoms with Crippen LogP contribution in [0.3, 0.4) is 0 Å². The van der Waals surface area contributed by atoms with Crippen molar-refractivity contribution < 1.29 is 19.1 Å². The SMILES string of the molecule is C[C@@H]1Cc2c([nH]c3ccccc23)CN1C(=O)CN(C)C=O.c1ccc2c(c1)OCO2. The number of likely N-dealkylation sites (N-methyl/N-ethyl adjacent to an activating group) is 1. The molecule has 156 valence electrons. The van der Waals surface area contributed by atoms with Crippen LogP contribution in [0.2, 0.25) is 0 Å². The Morgan fingerprint density at radius 3 is 2.53 bits per heavy atom. The number of amides is 2. The van der Waals surface area contributed by atoms with Gasteiger partial charge in [-0.2, -0.15) is 0 Å². The third kappa shape index (κ3) is 3.96. The van der Waals surface area contributed by atoms with Gasteiger partial charge in [-0.05, 0) is 37.1 Å². The smallest absolute Gasteiger partial charge is 0.242 e. The lowest BCUT2D eigenvalue weighted by molar-refractivity contribution is -0.137. The molecule has 0 spiro atoms. The summed E-state index contributed by atoms with van der Waals surface area (Å²) >= 11 is 0. The second-order valence-electron chi connectivity index (χ2n) is 7.58. The summed E-state index contributed by atoms with van der Waals surface area (Å²) in [6.07, 6.45) is 1.52. The number of rotatable bonds is 3. The zero-order valence-corrected chi connectivity index (χ0v) is 17.1. The molecule has 2 aliphatic heterocycles. The van der Waals surface area contributed by atoms with Crippen molar-refractivity contribution in [3.63, 3.8) is 0 Å². The predicted molar refractivity (Wildman–Crippen MR) is 113 cm³/mol. The van der Waals surface area contributed by atoms with E-state index in [1.165, 1.54) is 15.8 Å². The molecular formula is C23H25N3O4. The molecule has 5 rings (SSSR count). The van der Waals surface area contributed by atoms with Crippen LogP contribution in [0.15, 0.2) is 48.5 Å². The number of nitrogens with one attached hydrogen (secondary N) is 1. The number of fused-ring (bicyclic) bond motifs is 4. The van der Waals surface area contributed by atoms with Gasteiger partial charge < -0.3 is 24.3 Å². The highest BCUT2D eigenvalue weighted by Gasteiger charge is 2.29. The summed E-state index contributed by atoms with van der Waals surface area (Å²) in [4.78, 5) is 29.6. The second-order valence-corrected chi connectivity index (χ2v) is 7.58. The number of hydrogen-bond donors (Lipinski definition) is 1. The number of H-pyrrole nitrogens is 1. The van der Waals surface area contributed by atoms with Crippen LogP contribution in [0.4, 0.5) is 0 Å². The average Bonchev–Trinajstić information content (AvgIpc) is 3.37. The third-order valence-corrected chi connectivity index (χ3v) is 5.43. The molecule has 30 heavy (non-hydrogen) atoms. The van der Waals surface area contributed by atoms with Crippen LogP contribution < -0.4 is 9.47 Å². The maximum absolute atomic E-state index is 12.3. The summed E-state index contributed by atoms with van der Waals surface area (Å²) in [6, 6.07) is 16.0. The first-order valence-corrected chi connectivity index (χ1v) is 9.95. The van der Waals surface area contributed by atoms with Crippen molar-refractivity contribution in [2.75, 3.05) is 20.4 Å². The van der Waals surface area contributed by atoms with Gasteiger partial charge in [-0.1, -0.05) is 30.3 Å². The molecule has 2 aliphatic rings. The van der Waals surface area contributed by atoms with Crippen LogP contribution in [0.25, 0.3) is 10.9 Å². The first-order valence-electron chi connectivity index (χ1n) is 9.95. The summed E-state index contributed by atoms with van der Waals surface area (Å²) in [5.74, 6) is 1.68. The van der Waals surface area contributed by atoms with E-state index >= 15 is 0 Å². The highest BCUT2D eigenvalue weighted by molar-refractivity contribution is 5.86. The molecule has 0 aliphatic carbocycles. The number of para-hydroxylation sites is 3. The van der Waals surface area contributed by atoms with Crippen molar-refractivity contribution in [2.45, 2.75) is 25.9 Å². The molecule has 0 saturated carbocycles. The molecule has 3 heterocycles. The number of carbonyl (C=O) groups excluding carboxylic acids is 2. The summed E-state index contributed by atoms with van der Waals surface area (Å²) in [7, 11) is 1.62. The van der Waals surface area contributed by atoms with E-state index in [0.717, 1.165) is 29.1 Å². The monoisotopic (exact) mass is 407 g/mol. The van der Waals surface area contributed by atoms with Gasteiger partial charge in [0.1, 0.15) is 0 Å². The Morgan fingerprint density at radius 2 is 1.83 bits per heavy atom. The van der Waals surface area contributed by atoms with Crippen molar-refractivity contribution in [3.05, 3.63) is 59.8 Å². The molecule has 1 N–H and O–H groups in total. The van der Waals surface area contributed by atoms with Gasteiger partial charge in [0.15, 0.2) is 11.5 Å². The highest BCUT2D eigenvalue weighted by atomic mass is 16.7. The van der Waals surface area contributed by atoms with E-state index in [1.54, 1.807) is 7.05 Å². The standard InChI is InChI=1S/C16H19N3O2.C7H6O2/c1-11-7-13-12-5-3-4-6-14(12)17-15(13)8-19(11)16(21)9-18(2)10-20;1-2-4-7-6(3-1)8-5-9-7/h3-6,10-11,17H,7-9H2,1-2H3;1-4H,5H2/t11-;/m1./s1. The normalized spacial score (nSPS) is 16.5. The Morgan fingerprint density at radius 1 is 1.17 bits per heavy atom. The Labute approximate surface area is 175 Å². The van der Waals surface area contributed by atoms with E-state index in [9.17, 15) is 9.59 Å². The van der Waals surface area contributed by atoms with E-state index < -0.39 is 0 Å². The fourth-order valence-electron chi connectivity index (χ4n) is 3.88. The molecule has 7 heteroatoms. The van der Waals surface area contributed by atoms with Gasteiger partial charge >= 0.3 is 0 Å². The number of hydrogen-bond acceptors (Lipinski definition) is 4. The van der Waals surface area contributed by atoms with E-state index in [2.05, 4.69) is 24.0 Å². The van der Waals surface area contributed by atoms with E-state index in [4.69, 9.17) is 9.47 Å². The number of aromatic amines is 1. The maximum atomic E-state index is 12.3. The largest absolute Gasteiger partial charge is 0.454 e. The van der Waals surface area contributed by atoms with Crippen molar-refractivity contribution >= 4 is 23.2 Å². The maximum Gasteiger partial charge on any atom is 0.242 e. The fraction of sp³-hybridized carbons (Fsp3) is 0.304. The predicted octanol–water partition coefficient (Wildman–Crippen LogP) is 2.94. The highest BCUT2D eigenvalue weighted by Crippen LogP contribution is 2.31. The van der Waals surface area contributed by atoms with Crippen LogP contribution in [-0.4, -0.2) is 53.5 Å². The molecule has 7 nitrogen and oxygen atoms in total. The minimum Gasteiger partial charge on any atom is -0.454 e.